The highest BCUT2D eigenvalue weighted by Gasteiger charge is 2.09. The number of nitrogens with one attached hydrogen (secondary N) is 1. The first kappa shape index (κ1) is 12.3. The molecule has 2 aromatic rings. The predicted octanol–water partition coefficient (Wildman–Crippen LogP) is 1.62. The van der Waals surface area contributed by atoms with E-state index >= 15 is 0 Å². The second-order valence-electron chi connectivity index (χ2n) is 4.03. The average Bonchev–Trinajstić information content (AvgIpc) is 2.75. The molecule has 0 fully saturated rings. The lowest BCUT2D eigenvalue weighted by Gasteiger charge is -2.06. The van der Waals surface area contributed by atoms with E-state index < -0.39 is 0 Å². The number of benzene rings is 1. The molecule has 3 N–H and O–H groups in total. The Morgan fingerprint density at radius 2 is 2.11 bits per heavy atom. The van der Waals surface area contributed by atoms with Crippen LogP contribution in [0.3, 0.4) is 0 Å². The van der Waals surface area contributed by atoms with Crippen molar-refractivity contribution in [3.8, 4) is 0 Å². The number of hydrogen-bond acceptors (Lipinski definition) is 4. The van der Waals surface area contributed by atoms with E-state index in [-0.39, 0.29) is 12.3 Å². The molecule has 0 radical (unpaired) electrons. The summed E-state index contributed by atoms with van der Waals surface area (Å²) in [5, 5.41) is 6.35. The summed E-state index contributed by atoms with van der Waals surface area (Å²) in [5.41, 5.74) is 8.25. The van der Waals surface area contributed by atoms with Crippen LogP contribution in [0.15, 0.2) is 34.9 Å². The Morgan fingerprint density at radius 3 is 2.72 bits per heavy atom. The maximum Gasteiger partial charge on any atom is 0.231 e. The molecule has 5 nitrogen and oxygen atoms in total. The van der Waals surface area contributed by atoms with Crippen LogP contribution in [0.5, 0.6) is 0 Å². The SMILES string of the molecule is Cc1cc(NC(=O)Cc2ccccc2CN)on1. The lowest BCUT2D eigenvalue weighted by Crippen LogP contribution is -2.15. The predicted molar refractivity (Wildman–Crippen MR) is 67.9 cm³/mol. The van der Waals surface area contributed by atoms with Gasteiger partial charge in [-0.2, -0.15) is 0 Å². The lowest BCUT2D eigenvalue weighted by molar-refractivity contribution is -0.115. The van der Waals surface area contributed by atoms with E-state index in [1.807, 2.05) is 24.3 Å². The first-order chi connectivity index (χ1) is 8.69. The number of carbonyl (C=O) groups is 1. The van der Waals surface area contributed by atoms with Crippen LogP contribution in [0.4, 0.5) is 5.88 Å². The Hall–Kier alpha value is -2.14. The van der Waals surface area contributed by atoms with Crippen molar-refractivity contribution in [2.24, 2.45) is 5.73 Å². The summed E-state index contributed by atoms with van der Waals surface area (Å²) in [6, 6.07) is 9.28. The smallest absolute Gasteiger partial charge is 0.231 e. The summed E-state index contributed by atoms with van der Waals surface area (Å²) < 4.78 is 4.92. The van der Waals surface area contributed by atoms with Crippen molar-refractivity contribution >= 4 is 11.8 Å². The van der Waals surface area contributed by atoms with Crippen molar-refractivity contribution in [2.45, 2.75) is 19.9 Å². The molecule has 0 saturated heterocycles. The first-order valence-electron chi connectivity index (χ1n) is 5.69. The molecule has 0 bridgehead atoms. The topological polar surface area (TPSA) is 81.2 Å². The third kappa shape index (κ3) is 2.95. The molecule has 1 aromatic heterocycles. The van der Waals surface area contributed by atoms with Gasteiger partial charge in [0.1, 0.15) is 0 Å². The monoisotopic (exact) mass is 245 g/mol. The van der Waals surface area contributed by atoms with E-state index in [0.717, 1.165) is 16.8 Å². The summed E-state index contributed by atoms with van der Waals surface area (Å²) in [6.07, 6.45) is 0.271. The third-order valence-corrected chi connectivity index (χ3v) is 2.58. The van der Waals surface area contributed by atoms with E-state index in [9.17, 15) is 4.79 Å². The van der Waals surface area contributed by atoms with E-state index in [1.54, 1.807) is 13.0 Å². The Kier molecular flexibility index (Phi) is 3.74. The van der Waals surface area contributed by atoms with Crippen molar-refractivity contribution in [1.29, 1.82) is 0 Å². The van der Waals surface area contributed by atoms with Gasteiger partial charge in [-0.1, -0.05) is 29.4 Å². The number of amides is 1. The van der Waals surface area contributed by atoms with Gasteiger partial charge in [0, 0.05) is 12.6 Å². The Balaban J connectivity index is 2.03. The molecule has 1 heterocycles. The number of aromatic nitrogens is 1. The quantitative estimate of drug-likeness (QED) is 0.857. The summed E-state index contributed by atoms with van der Waals surface area (Å²) in [7, 11) is 0. The van der Waals surface area contributed by atoms with Crippen LogP contribution in [0.25, 0.3) is 0 Å². The molecule has 0 aliphatic heterocycles. The zero-order valence-electron chi connectivity index (χ0n) is 10.1. The van der Waals surface area contributed by atoms with Crippen LogP contribution in [0, 0.1) is 6.92 Å². The first-order valence-corrected chi connectivity index (χ1v) is 5.69. The molecule has 1 aromatic carbocycles. The summed E-state index contributed by atoms with van der Waals surface area (Å²) >= 11 is 0. The molecule has 0 unspecified atom stereocenters. The van der Waals surface area contributed by atoms with Crippen LogP contribution in [-0.4, -0.2) is 11.1 Å². The van der Waals surface area contributed by atoms with Crippen LogP contribution in [0.2, 0.25) is 0 Å². The van der Waals surface area contributed by atoms with Crippen molar-refractivity contribution in [3.63, 3.8) is 0 Å². The van der Waals surface area contributed by atoms with Gasteiger partial charge in [0.15, 0.2) is 0 Å². The lowest BCUT2D eigenvalue weighted by atomic mass is 10.0. The molecular weight excluding hydrogens is 230 g/mol. The number of rotatable bonds is 4. The maximum atomic E-state index is 11.8. The molecule has 1 amide bonds. The number of hydrogen-bond donors (Lipinski definition) is 2. The van der Waals surface area contributed by atoms with Crippen molar-refractivity contribution in [2.75, 3.05) is 5.32 Å². The average molecular weight is 245 g/mol. The van der Waals surface area contributed by atoms with Gasteiger partial charge in [-0.25, -0.2) is 0 Å². The van der Waals surface area contributed by atoms with E-state index in [2.05, 4.69) is 10.5 Å². The Morgan fingerprint density at radius 1 is 1.39 bits per heavy atom. The zero-order chi connectivity index (χ0) is 13.0. The van der Waals surface area contributed by atoms with E-state index in [0.29, 0.717) is 12.4 Å². The normalized spacial score (nSPS) is 10.3. The fourth-order valence-electron chi connectivity index (χ4n) is 1.71. The Labute approximate surface area is 105 Å². The van der Waals surface area contributed by atoms with Crippen molar-refractivity contribution in [1.82, 2.24) is 5.16 Å². The van der Waals surface area contributed by atoms with Crippen molar-refractivity contribution in [3.05, 3.63) is 47.2 Å². The molecule has 18 heavy (non-hydrogen) atoms. The van der Waals surface area contributed by atoms with Gasteiger partial charge in [0.25, 0.3) is 0 Å². The van der Waals surface area contributed by atoms with Gasteiger partial charge < -0.3 is 10.3 Å². The van der Waals surface area contributed by atoms with Crippen LogP contribution in [0.1, 0.15) is 16.8 Å². The number of nitrogens with zero attached hydrogens (tertiary/aromatic N) is 1. The largest absolute Gasteiger partial charge is 0.338 e. The number of nitrogens with two attached hydrogens (primary N) is 1. The minimum Gasteiger partial charge on any atom is -0.338 e. The second-order valence-corrected chi connectivity index (χ2v) is 4.03. The Bertz CT molecular complexity index is 549. The second kappa shape index (κ2) is 5.46. The van der Waals surface area contributed by atoms with Crippen LogP contribution >= 0.6 is 0 Å². The zero-order valence-corrected chi connectivity index (χ0v) is 10.1. The minimum atomic E-state index is -0.146. The number of carbonyl (C=O) groups excluding carboxylic acids is 1. The van der Waals surface area contributed by atoms with Crippen LogP contribution < -0.4 is 11.1 Å². The molecule has 94 valence electrons. The van der Waals surface area contributed by atoms with Crippen molar-refractivity contribution < 1.29 is 9.32 Å². The highest BCUT2D eigenvalue weighted by atomic mass is 16.5. The van der Waals surface area contributed by atoms with Gasteiger partial charge in [-0.3, -0.25) is 10.1 Å². The highest BCUT2D eigenvalue weighted by molar-refractivity contribution is 5.91. The van der Waals surface area contributed by atoms with E-state index in [1.165, 1.54) is 0 Å². The fraction of sp³-hybridized carbons (Fsp3) is 0.231. The molecule has 0 aliphatic rings. The summed E-state index contributed by atoms with van der Waals surface area (Å²) in [6.45, 7) is 2.22. The molecule has 0 atom stereocenters. The van der Waals surface area contributed by atoms with Gasteiger partial charge in [-0.05, 0) is 18.1 Å². The van der Waals surface area contributed by atoms with Crippen LogP contribution in [-0.2, 0) is 17.8 Å². The molecule has 0 saturated carbocycles. The minimum absolute atomic E-state index is 0.146. The van der Waals surface area contributed by atoms with Gasteiger partial charge in [0.05, 0.1) is 12.1 Å². The fourth-order valence-corrected chi connectivity index (χ4v) is 1.71. The molecule has 0 spiro atoms. The molecule has 2 rings (SSSR count). The molecule has 0 aliphatic carbocycles. The molecular formula is C13H15N3O2. The van der Waals surface area contributed by atoms with E-state index in [4.69, 9.17) is 10.3 Å². The van der Waals surface area contributed by atoms with Gasteiger partial charge >= 0.3 is 0 Å². The number of aryl methyl sites for hydroxylation is 1. The molecule has 5 heteroatoms. The maximum absolute atomic E-state index is 11.8. The number of anilines is 1. The summed E-state index contributed by atoms with van der Waals surface area (Å²) in [5.74, 6) is 0.217. The summed E-state index contributed by atoms with van der Waals surface area (Å²) in [4.78, 5) is 11.8. The van der Waals surface area contributed by atoms with Gasteiger partial charge in [0.2, 0.25) is 11.8 Å². The van der Waals surface area contributed by atoms with Gasteiger partial charge in [-0.15, -0.1) is 0 Å². The standard InChI is InChI=1S/C13H15N3O2/c1-9-6-13(18-16-9)15-12(17)7-10-4-2-3-5-11(10)8-14/h2-6H,7-8,14H2,1H3,(H,15,17). The highest BCUT2D eigenvalue weighted by Crippen LogP contribution is 2.12. The third-order valence-electron chi connectivity index (χ3n) is 2.58.